The van der Waals surface area contributed by atoms with Crippen molar-refractivity contribution < 1.29 is 19.1 Å². The molecule has 2 aromatic rings. The standard InChI is InChI=1S/C21H23N3O4S/c1-4-24-20(26)18(13-19(25)22-14-9-11-15(27-2)12-10-14)29-21(24)23-16-7-5-6-8-17(16)28-3/h5-12,18H,4,13H2,1-3H3,(H,22,25). The molecule has 1 heterocycles. The highest BCUT2D eigenvalue weighted by Gasteiger charge is 2.38. The molecule has 0 spiro atoms. The van der Waals surface area contributed by atoms with Gasteiger partial charge < -0.3 is 14.8 Å². The number of anilines is 1. The van der Waals surface area contributed by atoms with Crippen molar-refractivity contribution in [2.75, 3.05) is 26.1 Å². The van der Waals surface area contributed by atoms with Crippen LogP contribution in [0.5, 0.6) is 11.5 Å². The predicted octanol–water partition coefficient (Wildman–Crippen LogP) is 3.68. The lowest BCUT2D eigenvalue weighted by atomic mass is 10.2. The van der Waals surface area contributed by atoms with Gasteiger partial charge in [0.15, 0.2) is 5.17 Å². The molecule has 0 radical (unpaired) electrons. The summed E-state index contributed by atoms with van der Waals surface area (Å²) in [4.78, 5) is 31.4. The van der Waals surface area contributed by atoms with E-state index in [0.29, 0.717) is 34.6 Å². The molecule has 0 saturated carbocycles. The zero-order valence-electron chi connectivity index (χ0n) is 16.5. The number of rotatable bonds is 7. The molecular weight excluding hydrogens is 390 g/mol. The van der Waals surface area contributed by atoms with E-state index in [1.807, 2.05) is 31.2 Å². The Kier molecular flexibility index (Phi) is 6.77. The highest BCUT2D eigenvalue weighted by Crippen LogP contribution is 2.34. The van der Waals surface area contributed by atoms with E-state index >= 15 is 0 Å². The Morgan fingerprint density at radius 2 is 1.86 bits per heavy atom. The van der Waals surface area contributed by atoms with Crippen LogP contribution in [0.1, 0.15) is 13.3 Å². The zero-order valence-corrected chi connectivity index (χ0v) is 17.4. The summed E-state index contributed by atoms with van der Waals surface area (Å²) in [6, 6.07) is 14.4. The molecule has 29 heavy (non-hydrogen) atoms. The molecule has 1 atom stereocenters. The van der Waals surface area contributed by atoms with Crippen LogP contribution in [0.15, 0.2) is 53.5 Å². The largest absolute Gasteiger partial charge is 0.497 e. The Morgan fingerprint density at radius 3 is 2.52 bits per heavy atom. The van der Waals surface area contributed by atoms with E-state index in [2.05, 4.69) is 10.3 Å². The average molecular weight is 413 g/mol. The fourth-order valence-corrected chi connectivity index (χ4v) is 4.11. The van der Waals surface area contributed by atoms with Gasteiger partial charge in [0.05, 0.1) is 14.2 Å². The Balaban J connectivity index is 1.71. The fourth-order valence-electron chi connectivity index (χ4n) is 2.90. The first-order valence-corrected chi connectivity index (χ1v) is 10.1. The number of nitrogens with one attached hydrogen (secondary N) is 1. The summed E-state index contributed by atoms with van der Waals surface area (Å²) in [5.74, 6) is 0.997. The van der Waals surface area contributed by atoms with Gasteiger partial charge in [-0.2, -0.15) is 0 Å². The summed E-state index contributed by atoms with van der Waals surface area (Å²) in [6.07, 6.45) is 0.0664. The number of amidine groups is 1. The molecular formula is C21H23N3O4S. The molecule has 8 heteroatoms. The quantitative estimate of drug-likeness (QED) is 0.749. The van der Waals surface area contributed by atoms with Gasteiger partial charge in [-0.1, -0.05) is 23.9 Å². The van der Waals surface area contributed by atoms with E-state index in [-0.39, 0.29) is 18.2 Å². The van der Waals surface area contributed by atoms with E-state index in [1.54, 1.807) is 43.4 Å². The van der Waals surface area contributed by atoms with E-state index in [9.17, 15) is 9.59 Å². The number of ether oxygens (including phenoxy) is 2. The first kappa shape index (κ1) is 20.7. The van der Waals surface area contributed by atoms with Crippen molar-refractivity contribution in [1.82, 2.24) is 4.90 Å². The second-order valence-electron chi connectivity index (χ2n) is 6.24. The monoisotopic (exact) mass is 413 g/mol. The number of hydrogen-bond donors (Lipinski definition) is 1. The van der Waals surface area contributed by atoms with Crippen molar-refractivity contribution in [1.29, 1.82) is 0 Å². The number of carbonyl (C=O) groups excluding carboxylic acids is 2. The molecule has 7 nitrogen and oxygen atoms in total. The minimum Gasteiger partial charge on any atom is -0.497 e. The SMILES string of the molecule is CCN1C(=O)C(CC(=O)Nc2ccc(OC)cc2)SC1=Nc1ccccc1OC. The van der Waals surface area contributed by atoms with Gasteiger partial charge in [-0.3, -0.25) is 14.5 Å². The van der Waals surface area contributed by atoms with Gasteiger partial charge in [-0.25, -0.2) is 4.99 Å². The van der Waals surface area contributed by atoms with Crippen molar-refractivity contribution >= 4 is 40.1 Å². The molecule has 2 aromatic carbocycles. The average Bonchev–Trinajstić information content (AvgIpc) is 3.02. The van der Waals surface area contributed by atoms with E-state index < -0.39 is 5.25 Å². The van der Waals surface area contributed by atoms with Crippen LogP contribution < -0.4 is 14.8 Å². The predicted molar refractivity (Wildman–Crippen MR) is 115 cm³/mol. The lowest BCUT2D eigenvalue weighted by Gasteiger charge is -2.14. The maximum Gasteiger partial charge on any atom is 0.242 e. The number of hydrogen-bond acceptors (Lipinski definition) is 6. The number of para-hydroxylation sites is 2. The van der Waals surface area contributed by atoms with Crippen molar-refractivity contribution in [3.63, 3.8) is 0 Å². The Morgan fingerprint density at radius 1 is 1.14 bits per heavy atom. The van der Waals surface area contributed by atoms with Gasteiger partial charge in [0, 0.05) is 18.7 Å². The minimum atomic E-state index is -0.512. The van der Waals surface area contributed by atoms with Crippen LogP contribution >= 0.6 is 11.8 Å². The highest BCUT2D eigenvalue weighted by atomic mass is 32.2. The Labute approximate surface area is 174 Å². The van der Waals surface area contributed by atoms with Crippen LogP contribution in [0.3, 0.4) is 0 Å². The number of methoxy groups -OCH3 is 2. The lowest BCUT2D eigenvalue weighted by Crippen LogP contribution is -2.33. The molecule has 2 amide bonds. The van der Waals surface area contributed by atoms with Crippen LogP contribution in [0.4, 0.5) is 11.4 Å². The third-order valence-electron chi connectivity index (χ3n) is 4.38. The third-order valence-corrected chi connectivity index (χ3v) is 5.56. The molecule has 0 aromatic heterocycles. The normalized spacial score (nSPS) is 17.5. The molecule has 0 bridgehead atoms. The highest BCUT2D eigenvalue weighted by molar-refractivity contribution is 8.15. The van der Waals surface area contributed by atoms with Gasteiger partial charge in [0.2, 0.25) is 11.8 Å². The third kappa shape index (κ3) is 4.89. The molecule has 1 saturated heterocycles. The van der Waals surface area contributed by atoms with Crippen molar-refractivity contribution in [3.8, 4) is 11.5 Å². The number of thioether (sulfide) groups is 1. The van der Waals surface area contributed by atoms with Gasteiger partial charge >= 0.3 is 0 Å². The first-order chi connectivity index (χ1) is 14.0. The van der Waals surface area contributed by atoms with Crippen LogP contribution in [0.2, 0.25) is 0 Å². The van der Waals surface area contributed by atoms with Gasteiger partial charge in [-0.05, 0) is 43.3 Å². The Hall–Kier alpha value is -3.00. The smallest absolute Gasteiger partial charge is 0.242 e. The van der Waals surface area contributed by atoms with Gasteiger partial charge in [0.1, 0.15) is 22.4 Å². The van der Waals surface area contributed by atoms with Gasteiger partial charge in [-0.15, -0.1) is 0 Å². The van der Waals surface area contributed by atoms with E-state index in [1.165, 1.54) is 11.8 Å². The maximum atomic E-state index is 12.8. The van der Waals surface area contributed by atoms with E-state index in [0.717, 1.165) is 0 Å². The molecule has 3 rings (SSSR count). The molecule has 1 unspecified atom stereocenters. The molecule has 1 N–H and O–H groups in total. The summed E-state index contributed by atoms with van der Waals surface area (Å²) in [7, 11) is 3.16. The summed E-state index contributed by atoms with van der Waals surface area (Å²) < 4.78 is 10.4. The van der Waals surface area contributed by atoms with Crippen molar-refractivity contribution in [3.05, 3.63) is 48.5 Å². The topological polar surface area (TPSA) is 80.2 Å². The number of aliphatic imine (C=N–C) groups is 1. The molecule has 0 aliphatic carbocycles. The van der Waals surface area contributed by atoms with Crippen molar-refractivity contribution in [2.45, 2.75) is 18.6 Å². The lowest BCUT2D eigenvalue weighted by molar-refractivity contribution is -0.128. The van der Waals surface area contributed by atoms with Gasteiger partial charge in [0.25, 0.3) is 0 Å². The summed E-state index contributed by atoms with van der Waals surface area (Å²) in [5.41, 5.74) is 1.30. The molecule has 1 aliphatic heterocycles. The number of nitrogens with zero attached hydrogens (tertiary/aromatic N) is 2. The van der Waals surface area contributed by atoms with Crippen LogP contribution in [0.25, 0.3) is 0 Å². The fraction of sp³-hybridized carbons (Fsp3) is 0.286. The minimum absolute atomic E-state index is 0.0664. The van der Waals surface area contributed by atoms with Crippen molar-refractivity contribution in [2.24, 2.45) is 4.99 Å². The molecule has 1 fully saturated rings. The first-order valence-electron chi connectivity index (χ1n) is 9.19. The number of carbonyl (C=O) groups is 2. The second kappa shape index (κ2) is 9.47. The number of amides is 2. The second-order valence-corrected chi connectivity index (χ2v) is 7.41. The Bertz CT molecular complexity index is 914. The van der Waals surface area contributed by atoms with Crippen LogP contribution in [0, 0.1) is 0 Å². The maximum absolute atomic E-state index is 12.8. The number of benzene rings is 2. The summed E-state index contributed by atoms with van der Waals surface area (Å²) in [5, 5.41) is 2.88. The summed E-state index contributed by atoms with van der Waals surface area (Å²) >= 11 is 1.30. The van der Waals surface area contributed by atoms with E-state index in [4.69, 9.17) is 9.47 Å². The zero-order chi connectivity index (χ0) is 20.8. The van der Waals surface area contributed by atoms with Crippen LogP contribution in [-0.4, -0.2) is 47.9 Å². The molecule has 1 aliphatic rings. The molecule has 152 valence electrons. The van der Waals surface area contributed by atoms with Crippen LogP contribution in [-0.2, 0) is 9.59 Å². The summed E-state index contributed by atoms with van der Waals surface area (Å²) in [6.45, 7) is 2.37.